The molecule has 26 heavy (non-hydrogen) atoms. The van der Waals surface area contributed by atoms with E-state index in [1.807, 2.05) is 13.0 Å². The van der Waals surface area contributed by atoms with Crippen molar-refractivity contribution in [2.75, 3.05) is 13.1 Å². The molecule has 1 aromatic carbocycles. The first-order valence-electron chi connectivity index (χ1n) is 8.82. The molecule has 0 saturated carbocycles. The van der Waals surface area contributed by atoms with Crippen LogP contribution in [0, 0.1) is 18.8 Å². The van der Waals surface area contributed by atoms with Gasteiger partial charge in [0.25, 0.3) is 5.91 Å². The largest absolute Gasteiger partial charge is 0.393 e. The van der Waals surface area contributed by atoms with Gasteiger partial charge in [0.05, 0.1) is 5.92 Å². The Balaban J connectivity index is 2.11. The van der Waals surface area contributed by atoms with Crippen LogP contribution < -0.4 is 5.32 Å². The molecule has 0 spiro atoms. The summed E-state index contributed by atoms with van der Waals surface area (Å²) in [6, 6.07) is 6.10. The van der Waals surface area contributed by atoms with Gasteiger partial charge in [0, 0.05) is 18.7 Å². The molecule has 0 radical (unpaired) electrons. The summed E-state index contributed by atoms with van der Waals surface area (Å²) in [6.45, 7) is 5.34. The summed E-state index contributed by atoms with van der Waals surface area (Å²) >= 11 is 0. The van der Waals surface area contributed by atoms with Crippen molar-refractivity contribution < 1.29 is 22.8 Å². The van der Waals surface area contributed by atoms with Crippen molar-refractivity contribution in [1.29, 1.82) is 0 Å². The molecule has 2 atom stereocenters. The summed E-state index contributed by atoms with van der Waals surface area (Å²) in [5, 5.41) is 2.70. The number of benzene rings is 1. The lowest BCUT2D eigenvalue weighted by Gasteiger charge is -2.36. The number of hydrogen-bond acceptors (Lipinski definition) is 2. The third-order valence-electron chi connectivity index (χ3n) is 4.70. The average molecular weight is 370 g/mol. The van der Waals surface area contributed by atoms with Crippen LogP contribution in [0.1, 0.15) is 42.6 Å². The number of hydrogen-bond donors (Lipinski definition) is 1. The van der Waals surface area contributed by atoms with Gasteiger partial charge < -0.3 is 10.2 Å². The van der Waals surface area contributed by atoms with E-state index in [4.69, 9.17) is 0 Å². The second-order valence-electron chi connectivity index (χ2n) is 7.23. The van der Waals surface area contributed by atoms with E-state index in [-0.39, 0.29) is 25.4 Å². The fourth-order valence-electron chi connectivity index (χ4n) is 3.17. The van der Waals surface area contributed by atoms with Crippen LogP contribution in [0.4, 0.5) is 13.2 Å². The van der Waals surface area contributed by atoms with Gasteiger partial charge in [-0.2, -0.15) is 13.2 Å². The summed E-state index contributed by atoms with van der Waals surface area (Å²) in [5.41, 5.74) is 1.34. The van der Waals surface area contributed by atoms with E-state index in [1.54, 1.807) is 32.0 Å². The molecule has 2 amide bonds. The van der Waals surface area contributed by atoms with Gasteiger partial charge in [-0.1, -0.05) is 31.5 Å². The van der Waals surface area contributed by atoms with Gasteiger partial charge in [0.2, 0.25) is 5.91 Å². The van der Waals surface area contributed by atoms with Crippen LogP contribution in [0.3, 0.4) is 0 Å². The number of rotatable bonds is 4. The number of carbonyl (C=O) groups is 2. The second-order valence-corrected chi connectivity index (χ2v) is 7.23. The maximum atomic E-state index is 13.0. The number of aryl methyl sites for hydroxylation is 1. The normalized spacial score (nSPS) is 19.3. The molecule has 0 aromatic heterocycles. The fraction of sp³-hybridized carbons (Fsp3) is 0.579. The van der Waals surface area contributed by atoms with Gasteiger partial charge in [-0.15, -0.1) is 0 Å². The highest BCUT2D eigenvalue weighted by molar-refractivity contribution is 5.97. The molecule has 1 heterocycles. The van der Waals surface area contributed by atoms with E-state index in [0.29, 0.717) is 12.0 Å². The van der Waals surface area contributed by atoms with E-state index in [0.717, 1.165) is 5.56 Å². The SMILES string of the molecule is Cc1cccc(C(=O)N[C@H](C(=O)N2CCC[C@H](C(F)(F)F)C2)C(C)C)c1. The Morgan fingerprint density at radius 2 is 1.96 bits per heavy atom. The molecular formula is C19H25F3N2O2. The Morgan fingerprint density at radius 3 is 2.54 bits per heavy atom. The summed E-state index contributed by atoms with van der Waals surface area (Å²) in [7, 11) is 0. The number of nitrogens with one attached hydrogen (secondary N) is 1. The van der Waals surface area contributed by atoms with Crippen molar-refractivity contribution in [2.45, 2.75) is 45.8 Å². The Hall–Kier alpha value is -2.05. The first kappa shape index (κ1) is 20.3. The van der Waals surface area contributed by atoms with E-state index < -0.39 is 30.0 Å². The molecule has 1 saturated heterocycles. The zero-order chi connectivity index (χ0) is 19.5. The van der Waals surface area contributed by atoms with Crippen LogP contribution in [0.2, 0.25) is 0 Å². The smallest absolute Gasteiger partial charge is 0.340 e. The molecule has 7 heteroatoms. The van der Waals surface area contributed by atoms with Crippen LogP contribution in [0.15, 0.2) is 24.3 Å². The maximum absolute atomic E-state index is 13.0. The molecule has 1 aliphatic heterocycles. The quantitative estimate of drug-likeness (QED) is 0.881. The summed E-state index contributed by atoms with van der Waals surface area (Å²) in [5.74, 6) is -2.58. The maximum Gasteiger partial charge on any atom is 0.393 e. The third-order valence-corrected chi connectivity index (χ3v) is 4.70. The Bertz CT molecular complexity index is 658. The topological polar surface area (TPSA) is 49.4 Å². The molecule has 2 rings (SSSR count). The third kappa shape index (κ3) is 4.99. The lowest BCUT2D eigenvalue weighted by molar-refractivity contribution is -0.188. The monoisotopic (exact) mass is 370 g/mol. The highest BCUT2D eigenvalue weighted by atomic mass is 19.4. The van der Waals surface area contributed by atoms with E-state index in [9.17, 15) is 22.8 Å². The molecular weight excluding hydrogens is 345 g/mol. The Kier molecular flexibility index (Phi) is 6.31. The summed E-state index contributed by atoms with van der Waals surface area (Å²) < 4.78 is 39.0. The molecule has 1 fully saturated rings. The summed E-state index contributed by atoms with van der Waals surface area (Å²) in [4.78, 5) is 26.5. The molecule has 0 bridgehead atoms. The number of piperidine rings is 1. The van der Waals surface area contributed by atoms with Gasteiger partial charge in [-0.3, -0.25) is 9.59 Å². The lowest BCUT2D eigenvalue weighted by Crippen LogP contribution is -2.54. The first-order valence-corrected chi connectivity index (χ1v) is 8.82. The van der Waals surface area contributed by atoms with Gasteiger partial charge in [-0.25, -0.2) is 0 Å². The number of amides is 2. The van der Waals surface area contributed by atoms with Gasteiger partial charge >= 0.3 is 6.18 Å². The Morgan fingerprint density at radius 1 is 1.27 bits per heavy atom. The van der Waals surface area contributed by atoms with E-state index in [2.05, 4.69) is 5.32 Å². The molecule has 0 unspecified atom stereocenters. The van der Waals surface area contributed by atoms with Crippen molar-refractivity contribution in [3.05, 3.63) is 35.4 Å². The Labute approximate surface area is 151 Å². The van der Waals surface area contributed by atoms with Gasteiger partial charge in [0.15, 0.2) is 0 Å². The van der Waals surface area contributed by atoms with Crippen LogP contribution in [-0.4, -0.2) is 42.0 Å². The second kappa shape index (κ2) is 8.10. The van der Waals surface area contributed by atoms with Crippen LogP contribution in [0.25, 0.3) is 0 Å². The fourth-order valence-corrected chi connectivity index (χ4v) is 3.17. The minimum Gasteiger partial charge on any atom is -0.340 e. The molecule has 144 valence electrons. The van der Waals surface area contributed by atoms with Crippen LogP contribution in [-0.2, 0) is 4.79 Å². The van der Waals surface area contributed by atoms with E-state index >= 15 is 0 Å². The zero-order valence-corrected chi connectivity index (χ0v) is 15.3. The standard InChI is InChI=1S/C19H25F3N2O2/c1-12(2)16(23-17(25)14-7-4-6-13(3)10-14)18(26)24-9-5-8-15(11-24)19(20,21)22/h4,6-7,10,12,15-16H,5,8-9,11H2,1-3H3,(H,23,25)/t15-,16-/m0/s1. The first-order chi connectivity index (χ1) is 12.1. The highest BCUT2D eigenvalue weighted by Crippen LogP contribution is 2.33. The molecule has 0 aliphatic carbocycles. The number of alkyl halides is 3. The molecule has 1 aromatic rings. The predicted molar refractivity (Wildman–Crippen MR) is 92.6 cm³/mol. The lowest BCUT2D eigenvalue weighted by atomic mass is 9.95. The van der Waals surface area contributed by atoms with Crippen molar-refractivity contribution >= 4 is 11.8 Å². The van der Waals surface area contributed by atoms with E-state index in [1.165, 1.54) is 4.90 Å². The van der Waals surface area contributed by atoms with Crippen LogP contribution in [0.5, 0.6) is 0 Å². The van der Waals surface area contributed by atoms with Gasteiger partial charge in [0.1, 0.15) is 6.04 Å². The average Bonchev–Trinajstić information content (AvgIpc) is 2.58. The summed E-state index contributed by atoms with van der Waals surface area (Å²) in [6.07, 6.45) is -3.96. The van der Waals surface area contributed by atoms with Crippen molar-refractivity contribution in [1.82, 2.24) is 10.2 Å². The number of carbonyl (C=O) groups excluding carboxylic acids is 2. The predicted octanol–water partition coefficient (Wildman–Crippen LogP) is 3.55. The number of likely N-dealkylation sites (tertiary alicyclic amines) is 1. The minimum absolute atomic E-state index is 0.0370. The number of nitrogens with zero attached hydrogens (tertiary/aromatic N) is 1. The highest BCUT2D eigenvalue weighted by Gasteiger charge is 2.43. The van der Waals surface area contributed by atoms with Crippen molar-refractivity contribution in [2.24, 2.45) is 11.8 Å². The number of halogens is 3. The van der Waals surface area contributed by atoms with Crippen molar-refractivity contribution in [3.8, 4) is 0 Å². The molecule has 1 aliphatic rings. The molecule has 1 N–H and O–H groups in total. The van der Waals surface area contributed by atoms with Crippen LogP contribution >= 0.6 is 0 Å². The zero-order valence-electron chi connectivity index (χ0n) is 15.3. The van der Waals surface area contributed by atoms with Gasteiger partial charge in [-0.05, 0) is 37.8 Å². The van der Waals surface area contributed by atoms with Crippen molar-refractivity contribution in [3.63, 3.8) is 0 Å². The molecule has 4 nitrogen and oxygen atoms in total. The minimum atomic E-state index is -4.31.